The van der Waals surface area contributed by atoms with Crippen LogP contribution in [0.15, 0.2) is 24.4 Å². The average Bonchev–Trinajstić information content (AvgIpc) is 2.89. The van der Waals surface area contributed by atoms with Crippen LogP contribution >= 0.6 is 0 Å². The molecule has 0 spiro atoms. The zero-order valence-corrected chi connectivity index (χ0v) is 10.6. The fourth-order valence-corrected chi connectivity index (χ4v) is 2.44. The molecule has 1 aliphatic rings. The van der Waals surface area contributed by atoms with E-state index in [1.807, 2.05) is 25.4 Å². The van der Waals surface area contributed by atoms with Crippen LogP contribution in [0.2, 0.25) is 0 Å². The van der Waals surface area contributed by atoms with Crippen LogP contribution in [0.3, 0.4) is 0 Å². The summed E-state index contributed by atoms with van der Waals surface area (Å²) in [6.07, 6.45) is 8.37. The molecule has 3 nitrogen and oxygen atoms in total. The van der Waals surface area contributed by atoms with E-state index in [2.05, 4.69) is 16.4 Å². The molecule has 0 saturated carbocycles. The van der Waals surface area contributed by atoms with Gasteiger partial charge in [-0.3, -0.25) is 4.98 Å². The van der Waals surface area contributed by atoms with Crippen LogP contribution < -0.4 is 5.32 Å². The Morgan fingerprint density at radius 2 is 2.47 bits per heavy atom. The molecule has 1 fully saturated rings. The molecule has 17 heavy (non-hydrogen) atoms. The second kappa shape index (κ2) is 6.72. The largest absolute Gasteiger partial charge is 0.378 e. The highest BCUT2D eigenvalue weighted by Gasteiger charge is 2.16. The highest BCUT2D eigenvalue weighted by molar-refractivity contribution is 5.08. The number of nitrogens with zero attached hydrogens (tertiary/aromatic N) is 1. The predicted molar refractivity (Wildman–Crippen MR) is 68.9 cm³/mol. The van der Waals surface area contributed by atoms with Crippen molar-refractivity contribution in [2.45, 2.75) is 44.2 Å². The van der Waals surface area contributed by atoms with Gasteiger partial charge in [-0.2, -0.15) is 0 Å². The van der Waals surface area contributed by atoms with E-state index in [-0.39, 0.29) is 0 Å². The van der Waals surface area contributed by atoms with E-state index < -0.39 is 0 Å². The van der Waals surface area contributed by atoms with Gasteiger partial charge < -0.3 is 10.1 Å². The van der Waals surface area contributed by atoms with Gasteiger partial charge in [-0.1, -0.05) is 6.07 Å². The van der Waals surface area contributed by atoms with Crippen molar-refractivity contribution >= 4 is 0 Å². The maximum atomic E-state index is 5.64. The first-order valence-electron chi connectivity index (χ1n) is 6.60. The van der Waals surface area contributed by atoms with Gasteiger partial charge in [-0.15, -0.1) is 0 Å². The third-order valence-electron chi connectivity index (χ3n) is 3.44. The molecule has 1 aromatic heterocycles. The van der Waals surface area contributed by atoms with Gasteiger partial charge in [0.2, 0.25) is 0 Å². The molecule has 94 valence electrons. The van der Waals surface area contributed by atoms with Gasteiger partial charge in [-0.05, 0) is 51.3 Å². The molecule has 0 radical (unpaired) electrons. The van der Waals surface area contributed by atoms with Crippen molar-refractivity contribution in [2.75, 3.05) is 13.7 Å². The second-order valence-electron chi connectivity index (χ2n) is 4.66. The second-order valence-corrected chi connectivity index (χ2v) is 4.66. The first-order chi connectivity index (χ1) is 8.40. The molecule has 0 aromatic carbocycles. The van der Waals surface area contributed by atoms with Crippen LogP contribution in [-0.4, -0.2) is 24.7 Å². The number of hydrogen-bond donors (Lipinski definition) is 1. The van der Waals surface area contributed by atoms with E-state index in [0.717, 1.165) is 18.7 Å². The topological polar surface area (TPSA) is 34.1 Å². The monoisotopic (exact) mass is 234 g/mol. The molecule has 2 atom stereocenters. The quantitative estimate of drug-likeness (QED) is 0.821. The van der Waals surface area contributed by atoms with Crippen molar-refractivity contribution in [3.8, 4) is 0 Å². The van der Waals surface area contributed by atoms with Crippen molar-refractivity contribution in [1.82, 2.24) is 10.3 Å². The van der Waals surface area contributed by atoms with Crippen molar-refractivity contribution in [2.24, 2.45) is 0 Å². The van der Waals surface area contributed by atoms with Gasteiger partial charge in [-0.25, -0.2) is 0 Å². The SMILES string of the molecule is CNC(CCCC1CCCO1)c1ccccn1. The summed E-state index contributed by atoms with van der Waals surface area (Å²) in [6, 6.07) is 6.47. The molecule has 2 rings (SSSR count). The average molecular weight is 234 g/mol. The Kier molecular flexibility index (Phi) is 4.95. The number of rotatable bonds is 6. The van der Waals surface area contributed by atoms with Crippen LogP contribution in [-0.2, 0) is 4.74 Å². The summed E-state index contributed by atoms with van der Waals surface area (Å²) in [5, 5.41) is 3.34. The minimum Gasteiger partial charge on any atom is -0.378 e. The molecule has 1 N–H and O–H groups in total. The standard InChI is InChI=1S/C14H22N2O/c1-15-13(14-8-2-3-10-16-14)9-4-6-12-7-5-11-17-12/h2-3,8,10,12-13,15H,4-7,9,11H2,1H3. The summed E-state index contributed by atoms with van der Waals surface area (Å²) in [6.45, 7) is 0.959. The van der Waals surface area contributed by atoms with Crippen molar-refractivity contribution in [3.63, 3.8) is 0 Å². The summed E-state index contributed by atoms with van der Waals surface area (Å²) in [4.78, 5) is 4.41. The number of pyridine rings is 1. The Morgan fingerprint density at radius 1 is 1.53 bits per heavy atom. The first kappa shape index (κ1) is 12.5. The molecule has 1 saturated heterocycles. The van der Waals surface area contributed by atoms with Crippen LogP contribution in [0, 0.1) is 0 Å². The lowest BCUT2D eigenvalue weighted by molar-refractivity contribution is 0.101. The van der Waals surface area contributed by atoms with Gasteiger partial charge in [0.25, 0.3) is 0 Å². The maximum absolute atomic E-state index is 5.64. The number of ether oxygens (including phenoxy) is 1. The van der Waals surface area contributed by atoms with Crippen LogP contribution in [0.25, 0.3) is 0 Å². The molecule has 0 amide bonds. The summed E-state index contributed by atoms with van der Waals surface area (Å²) in [5.74, 6) is 0. The minimum atomic E-state index is 0.373. The lowest BCUT2D eigenvalue weighted by Crippen LogP contribution is -2.18. The van der Waals surface area contributed by atoms with Gasteiger partial charge in [0.15, 0.2) is 0 Å². The summed E-state index contributed by atoms with van der Waals surface area (Å²) in [5.41, 5.74) is 1.14. The molecular formula is C14H22N2O. The van der Waals surface area contributed by atoms with Gasteiger partial charge in [0, 0.05) is 18.8 Å². The molecule has 0 bridgehead atoms. The Morgan fingerprint density at radius 3 is 3.12 bits per heavy atom. The zero-order chi connectivity index (χ0) is 11.9. The molecular weight excluding hydrogens is 212 g/mol. The molecule has 0 aliphatic carbocycles. The zero-order valence-electron chi connectivity index (χ0n) is 10.6. The fourth-order valence-electron chi connectivity index (χ4n) is 2.44. The van der Waals surface area contributed by atoms with E-state index in [0.29, 0.717) is 12.1 Å². The number of nitrogens with one attached hydrogen (secondary N) is 1. The molecule has 1 aliphatic heterocycles. The fraction of sp³-hybridized carbons (Fsp3) is 0.643. The van der Waals surface area contributed by atoms with Crippen molar-refractivity contribution in [3.05, 3.63) is 30.1 Å². The Hall–Kier alpha value is -0.930. The summed E-state index contributed by atoms with van der Waals surface area (Å²) in [7, 11) is 2.01. The molecule has 1 aromatic rings. The Labute approximate surface area is 104 Å². The van der Waals surface area contributed by atoms with Gasteiger partial charge in [0.1, 0.15) is 0 Å². The third kappa shape index (κ3) is 3.79. The normalized spacial score (nSPS) is 21.6. The number of aromatic nitrogens is 1. The van der Waals surface area contributed by atoms with E-state index in [1.54, 1.807) is 0 Å². The highest BCUT2D eigenvalue weighted by Crippen LogP contribution is 2.21. The van der Waals surface area contributed by atoms with E-state index >= 15 is 0 Å². The Balaban J connectivity index is 1.75. The molecule has 2 unspecified atom stereocenters. The lowest BCUT2D eigenvalue weighted by Gasteiger charge is -2.16. The van der Waals surface area contributed by atoms with Gasteiger partial charge in [0.05, 0.1) is 11.8 Å². The van der Waals surface area contributed by atoms with Crippen molar-refractivity contribution < 1.29 is 4.74 Å². The Bertz CT molecular complexity index is 309. The maximum Gasteiger partial charge on any atom is 0.0576 e. The van der Waals surface area contributed by atoms with E-state index in [1.165, 1.54) is 25.7 Å². The number of hydrogen-bond acceptors (Lipinski definition) is 3. The molecule has 3 heteroatoms. The molecule has 2 heterocycles. The smallest absolute Gasteiger partial charge is 0.0576 e. The van der Waals surface area contributed by atoms with Crippen LogP contribution in [0.5, 0.6) is 0 Å². The van der Waals surface area contributed by atoms with Crippen LogP contribution in [0.1, 0.15) is 43.8 Å². The lowest BCUT2D eigenvalue weighted by atomic mass is 10.0. The van der Waals surface area contributed by atoms with E-state index in [9.17, 15) is 0 Å². The summed E-state index contributed by atoms with van der Waals surface area (Å²) >= 11 is 0. The predicted octanol–water partition coefficient (Wildman–Crippen LogP) is 2.69. The first-order valence-corrected chi connectivity index (χ1v) is 6.60. The van der Waals surface area contributed by atoms with Gasteiger partial charge >= 0.3 is 0 Å². The minimum absolute atomic E-state index is 0.373. The van der Waals surface area contributed by atoms with Crippen LogP contribution in [0.4, 0.5) is 0 Å². The third-order valence-corrected chi connectivity index (χ3v) is 3.44. The summed E-state index contributed by atoms with van der Waals surface area (Å²) < 4.78 is 5.64. The van der Waals surface area contributed by atoms with E-state index in [4.69, 9.17) is 4.74 Å². The van der Waals surface area contributed by atoms with Crippen molar-refractivity contribution in [1.29, 1.82) is 0 Å². The highest BCUT2D eigenvalue weighted by atomic mass is 16.5.